The Hall–Kier alpha value is -2.30. The van der Waals surface area contributed by atoms with Gasteiger partial charge in [0.1, 0.15) is 5.58 Å². The Labute approximate surface area is 128 Å². The number of furan rings is 1. The maximum atomic E-state index is 12.2. The standard InChI is InChI=1S/C17H19NO4/c1-18(6-5-17(20)21)16(19)9-13-10-22-15-8-12-4-2-3-11(12)7-14(13)15/h7-8,10H,2-6,9H2,1H3,(H,20,21). The zero-order valence-corrected chi connectivity index (χ0v) is 12.6. The highest BCUT2D eigenvalue weighted by Crippen LogP contribution is 2.30. The lowest BCUT2D eigenvalue weighted by molar-refractivity contribution is -0.138. The molecule has 0 saturated heterocycles. The van der Waals surface area contributed by atoms with Crippen LogP contribution in [0, 0.1) is 0 Å². The van der Waals surface area contributed by atoms with Gasteiger partial charge in [-0.3, -0.25) is 9.59 Å². The number of aliphatic carboxylic acids is 1. The van der Waals surface area contributed by atoms with E-state index < -0.39 is 5.97 Å². The van der Waals surface area contributed by atoms with Crippen molar-refractivity contribution in [3.05, 3.63) is 35.1 Å². The molecule has 0 fully saturated rings. The van der Waals surface area contributed by atoms with E-state index in [9.17, 15) is 9.59 Å². The number of benzene rings is 1. The molecule has 1 aliphatic rings. The Morgan fingerprint density at radius 1 is 1.27 bits per heavy atom. The van der Waals surface area contributed by atoms with E-state index in [0.717, 1.165) is 29.4 Å². The first-order valence-corrected chi connectivity index (χ1v) is 7.52. The predicted octanol–water partition coefficient (Wildman–Crippen LogP) is 2.40. The Balaban J connectivity index is 1.76. The summed E-state index contributed by atoms with van der Waals surface area (Å²) in [6.45, 7) is 0.222. The van der Waals surface area contributed by atoms with Crippen molar-refractivity contribution in [2.45, 2.75) is 32.1 Å². The van der Waals surface area contributed by atoms with Crippen LogP contribution < -0.4 is 0 Å². The van der Waals surface area contributed by atoms with Crippen molar-refractivity contribution in [1.29, 1.82) is 0 Å². The van der Waals surface area contributed by atoms with Crippen LogP contribution in [0.4, 0.5) is 0 Å². The number of rotatable bonds is 5. The summed E-state index contributed by atoms with van der Waals surface area (Å²) in [7, 11) is 1.63. The number of carbonyl (C=O) groups excluding carboxylic acids is 1. The van der Waals surface area contributed by atoms with Crippen molar-refractivity contribution >= 4 is 22.8 Å². The molecular weight excluding hydrogens is 282 g/mol. The molecule has 5 nitrogen and oxygen atoms in total. The summed E-state index contributed by atoms with van der Waals surface area (Å²) in [6, 6.07) is 4.22. The third kappa shape index (κ3) is 2.84. The SMILES string of the molecule is CN(CCC(=O)O)C(=O)Cc1coc2cc3c(cc12)CCC3. The smallest absolute Gasteiger partial charge is 0.305 e. The number of amides is 1. The molecule has 0 spiro atoms. The lowest BCUT2D eigenvalue weighted by atomic mass is 10.0. The second-order valence-electron chi connectivity index (χ2n) is 5.87. The van der Waals surface area contributed by atoms with Crippen LogP contribution in [-0.4, -0.2) is 35.5 Å². The van der Waals surface area contributed by atoms with Gasteiger partial charge in [-0.15, -0.1) is 0 Å². The molecule has 0 radical (unpaired) electrons. The van der Waals surface area contributed by atoms with Gasteiger partial charge in [0, 0.05) is 24.5 Å². The van der Waals surface area contributed by atoms with E-state index in [1.54, 1.807) is 13.3 Å². The zero-order valence-electron chi connectivity index (χ0n) is 12.6. The zero-order chi connectivity index (χ0) is 15.7. The van der Waals surface area contributed by atoms with Gasteiger partial charge in [0.2, 0.25) is 5.91 Å². The average Bonchev–Trinajstić information content (AvgIpc) is 3.09. The van der Waals surface area contributed by atoms with Gasteiger partial charge in [0.15, 0.2) is 0 Å². The van der Waals surface area contributed by atoms with Gasteiger partial charge in [-0.2, -0.15) is 0 Å². The quantitative estimate of drug-likeness (QED) is 0.920. The van der Waals surface area contributed by atoms with Gasteiger partial charge in [-0.1, -0.05) is 0 Å². The van der Waals surface area contributed by atoms with E-state index in [1.165, 1.54) is 22.4 Å². The first kappa shape index (κ1) is 14.6. The minimum atomic E-state index is -0.899. The fourth-order valence-electron chi connectivity index (χ4n) is 2.97. The first-order chi connectivity index (χ1) is 10.5. The highest BCUT2D eigenvalue weighted by Gasteiger charge is 2.18. The number of nitrogens with zero attached hydrogens (tertiary/aromatic N) is 1. The minimum absolute atomic E-state index is 0.0398. The van der Waals surface area contributed by atoms with Crippen molar-refractivity contribution in [2.24, 2.45) is 0 Å². The fraction of sp³-hybridized carbons (Fsp3) is 0.412. The van der Waals surface area contributed by atoms with Crippen LogP contribution in [0.3, 0.4) is 0 Å². The van der Waals surface area contributed by atoms with Crippen LogP contribution in [0.25, 0.3) is 11.0 Å². The molecule has 5 heteroatoms. The molecule has 116 valence electrons. The molecule has 1 amide bonds. The molecule has 3 rings (SSSR count). The molecular formula is C17H19NO4. The second kappa shape index (κ2) is 5.83. The third-order valence-electron chi connectivity index (χ3n) is 4.30. The monoisotopic (exact) mass is 301 g/mol. The molecule has 1 aromatic carbocycles. The first-order valence-electron chi connectivity index (χ1n) is 7.52. The molecule has 1 aliphatic carbocycles. The number of carboxylic acid groups (broad SMARTS) is 1. The van der Waals surface area contributed by atoms with Crippen LogP contribution in [-0.2, 0) is 28.9 Å². The maximum Gasteiger partial charge on any atom is 0.305 e. The van der Waals surface area contributed by atoms with Crippen LogP contribution >= 0.6 is 0 Å². The van der Waals surface area contributed by atoms with E-state index in [4.69, 9.17) is 9.52 Å². The Morgan fingerprint density at radius 2 is 2.00 bits per heavy atom. The maximum absolute atomic E-state index is 12.2. The van der Waals surface area contributed by atoms with E-state index in [1.807, 2.05) is 0 Å². The Kier molecular flexibility index (Phi) is 3.88. The molecule has 1 N–H and O–H groups in total. The van der Waals surface area contributed by atoms with Crippen molar-refractivity contribution in [3.63, 3.8) is 0 Å². The third-order valence-corrected chi connectivity index (χ3v) is 4.30. The molecule has 22 heavy (non-hydrogen) atoms. The minimum Gasteiger partial charge on any atom is -0.481 e. The summed E-state index contributed by atoms with van der Waals surface area (Å²) >= 11 is 0. The number of carboxylic acids is 1. The number of hydrogen-bond donors (Lipinski definition) is 1. The normalized spacial score (nSPS) is 13.3. The Bertz CT molecular complexity index is 732. The van der Waals surface area contributed by atoms with E-state index in [2.05, 4.69) is 12.1 Å². The molecule has 1 heterocycles. The number of hydrogen-bond acceptors (Lipinski definition) is 3. The summed E-state index contributed by atoms with van der Waals surface area (Å²) in [5, 5.41) is 9.68. The van der Waals surface area contributed by atoms with Gasteiger partial charge in [0.25, 0.3) is 0 Å². The van der Waals surface area contributed by atoms with Gasteiger partial charge in [-0.05, 0) is 42.5 Å². The summed E-state index contributed by atoms with van der Waals surface area (Å²) in [6.07, 6.45) is 5.20. The average molecular weight is 301 g/mol. The van der Waals surface area contributed by atoms with Gasteiger partial charge in [-0.25, -0.2) is 0 Å². The van der Waals surface area contributed by atoms with Gasteiger partial charge >= 0.3 is 5.97 Å². The molecule has 0 saturated carbocycles. The van der Waals surface area contributed by atoms with E-state index in [0.29, 0.717) is 0 Å². The lowest BCUT2D eigenvalue weighted by Gasteiger charge is -2.15. The van der Waals surface area contributed by atoms with E-state index >= 15 is 0 Å². The summed E-state index contributed by atoms with van der Waals surface area (Å²) in [4.78, 5) is 24.2. The molecule has 0 atom stereocenters. The van der Waals surface area contributed by atoms with Crippen LogP contribution in [0.5, 0.6) is 0 Å². The fourth-order valence-corrected chi connectivity index (χ4v) is 2.97. The number of carbonyl (C=O) groups is 2. The second-order valence-corrected chi connectivity index (χ2v) is 5.87. The Morgan fingerprint density at radius 3 is 2.73 bits per heavy atom. The van der Waals surface area contributed by atoms with Crippen molar-refractivity contribution in [3.8, 4) is 0 Å². The molecule has 2 aromatic rings. The summed E-state index contributed by atoms with van der Waals surface area (Å²) < 4.78 is 5.59. The van der Waals surface area contributed by atoms with Crippen molar-refractivity contribution < 1.29 is 19.1 Å². The highest BCUT2D eigenvalue weighted by molar-refractivity contribution is 5.88. The summed E-state index contributed by atoms with van der Waals surface area (Å²) in [5.74, 6) is -0.992. The van der Waals surface area contributed by atoms with Crippen LogP contribution in [0.15, 0.2) is 22.8 Å². The van der Waals surface area contributed by atoms with Crippen LogP contribution in [0.2, 0.25) is 0 Å². The summed E-state index contributed by atoms with van der Waals surface area (Å²) in [5.41, 5.74) is 4.40. The van der Waals surface area contributed by atoms with Crippen molar-refractivity contribution in [1.82, 2.24) is 4.90 Å². The molecule has 1 aromatic heterocycles. The molecule has 0 bridgehead atoms. The number of likely N-dealkylation sites (N-methyl/N-ethyl adjacent to an activating group) is 1. The number of aryl methyl sites for hydroxylation is 2. The lowest BCUT2D eigenvalue weighted by Crippen LogP contribution is -2.30. The molecule has 0 aliphatic heterocycles. The van der Waals surface area contributed by atoms with Gasteiger partial charge in [0.05, 0.1) is 19.1 Å². The largest absolute Gasteiger partial charge is 0.481 e. The number of fused-ring (bicyclic) bond motifs is 2. The molecule has 0 unspecified atom stereocenters. The predicted molar refractivity (Wildman–Crippen MR) is 81.8 cm³/mol. The van der Waals surface area contributed by atoms with Gasteiger partial charge < -0.3 is 14.4 Å². The van der Waals surface area contributed by atoms with Crippen molar-refractivity contribution in [2.75, 3.05) is 13.6 Å². The topological polar surface area (TPSA) is 70.8 Å². The van der Waals surface area contributed by atoms with Crippen LogP contribution in [0.1, 0.15) is 29.5 Å². The van der Waals surface area contributed by atoms with E-state index in [-0.39, 0.29) is 25.3 Å². The highest BCUT2D eigenvalue weighted by atomic mass is 16.4.